The molecule has 13 heteroatoms. The highest BCUT2D eigenvalue weighted by atomic mass is 32.2. The molecule has 0 unspecified atom stereocenters. The number of amides is 1. The van der Waals surface area contributed by atoms with Crippen molar-refractivity contribution in [1.29, 1.82) is 0 Å². The third-order valence-corrected chi connectivity index (χ3v) is 8.48. The number of anilines is 1. The lowest BCUT2D eigenvalue weighted by molar-refractivity contribution is -0.180. The first-order valence-corrected chi connectivity index (χ1v) is 14.6. The summed E-state index contributed by atoms with van der Waals surface area (Å²) >= 11 is 1.37. The smallest absolute Gasteiger partial charge is 0.308 e. The van der Waals surface area contributed by atoms with Gasteiger partial charge in [-0.1, -0.05) is 25.1 Å². The summed E-state index contributed by atoms with van der Waals surface area (Å²) in [5.74, 6) is -1.96. The molecule has 3 aromatic carbocycles. The van der Waals surface area contributed by atoms with E-state index < -0.39 is 34.7 Å². The number of hydrogen-bond donors (Lipinski definition) is 2. The van der Waals surface area contributed by atoms with E-state index in [0.717, 1.165) is 17.7 Å². The van der Waals surface area contributed by atoms with Crippen LogP contribution >= 0.6 is 11.8 Å². The Bertz CT molecular complexity index is 1580. The third kappa shape index (κ3) is 7.48. The maximum Gasteiger partial charge on any atom is 0.308 e. The molecule has 0 saturated carbocycles. The van der Waals surface area contributed by atoms with Crippen molar-refractivity contribution in [2.24, 2.45) is 0 Å². The van der Waals surface area contributed by atoms with Crippen molar-refractivity contribution in [3.63, 3.8) is 0 Å². The van der Waals surface area contributed by atoms with Crippen LogP contribution in [-0.4, -0.2) is 55.5 Å². The number of hydrogen-bond acceptors (Lipinski definition) is 9. The predicted octanol–water partition coefficient (Wildman–Crippen LogP) is 4.86. The van der Waals surface area contributed by atoms with Crippen LogP contribution in [0, 0.1) is 11.6 Å². The summed E-state index contributed by atoms with van der Waals surface area (Å²) in [7, 11) is 0. The van der Waals surface area contributed by atoms with Crippen LogP contribution in [0.2, 0.25) is 0 Å². The maximum atomic E-state index is 14.8. The summed E-state index contributed by atoms with van der Waals surface area (Å²) in [5.41, 5.74) is -0.0983. The molecule has 2 heterocycles. The molecule has 10 nitrogen and oxygen atoms in total. The first-order valence-electron chi connectivity index (χ1n) is 13.7. The van der Waals surface area contributed by atoms with Gasteiger partial charge in [0, 0.05) is 40.6 Å². The molecular formula is C31H30F2N4O6S. The number of halogens is 2. The molecule has 2 atom stereocenters. The van der Waals surface area contributed by atoms with E-state index >= 15 is 0 Å². The molecule has 0 bridgehead atoms. The van der Waals surface area contributed by atoms with E-state index in [1.807, 2.05) is 0 Å². The van der Waals surface area contributed by atoms with E-state index in [2.05, 4.69) is 15.4 Å². The Morgan fingerprint density at radius 3 is 2.43 bits per heavy atom. The lowest BCUT2D eigenvalue weighted by atomic mass is 9.90. The summed E-state index contributed by atoms with van der Waals surface area (Å²) in [5, 5.41) is 17.8. The molecular weight excluding hydrogens is 594 g/mol. The normalized spacial score (nSPS) is 18.7. The quantitative estimate of drug-likeness (QED) is 0.188. The largest absolute Gasteiger partial charge is 0.427 e. The van der Waals surface area contributed by atoms with Gasteiger partial charge in [-0.25, -0.2) is 18.4 Å². The van der Waals surface area contributed by atoms with Gasteiger partial charge in [-0.05, 0) is 42.5 Å². The van der Waals surface area contributed by atoms with Crippen LogP contribution in [-0.2, 0) is 26.4 Å². The van der Waals surface area contributed by atoms with Gasteiger partial charge in [0.2, 0.25) is 0 Å². The van der Waals surface area contributed by atoms with Gasteiger partial charge >= 0.3 is 5.97 Å². The van der Waals surface area contributed by atoms with Crippen molar-refractivity contribution in [3.8, 4) is 5.75 Å². The van der Waals surface area contributed by atoms with Crippen LogP contribution in [0.15, 0.2) is 79.4 Å². The molecule has 1 fully saturated rings. The highest BCUT2D eigenvalue weighted by Crippen LogP contribution is 2.39. The number of nitrogens with one attached hydrogen (secondary N) is 1. The molecule has 4 aromatic rings. The second-order valence-electron chi connectivity index (χ2n) is 10.2. The van der Waals surface area contributed by atoms with Gasteiger partial charge in [-0.15, -0.1) is 11.8 Å². The van der Waals surface area contributed by atoms with Gasteiger partial charge in [-0.3, -0.25) is 9.59 Å². The van der Waals surface area contributed by atoms with E-state index in [0.29, 0.717) is 17.0 Å². The summed E-state index contributed by atoms with van der Waals surface area (Å²) in [6, 6.07) is 16.4. The second kappa shape index (κ2) is 13.6. The Morgan fingerprint density at radius 2 is 1.82 bits per heavy atom. The number of thioether (sulfide) groups is 1. The van der Waals surface area contributed by atoms with Crippen molar-refractivity contribution in [3.05, 3.63) is 108 Å². The Morgan fingerprint density at radius 1 is 1.11 bits per heavy atom. The molecule has 230 valence electrons. The monoisotopic (exact) mass is 624 g/mol. The molecule has 1 amide bonds. The minimum Gasteiger partial charge on any atom is -0.427 e. The Balaban J connectivity index is 1.17. The zero-order valence-corrected chi connectivity index (χ0v) is 24.7. The highest BCUT2D eigenvalue weighted by molar-refractivity contribution is 8.00. The summed E-state index contributed by atoms with van der Waals surface area (Å²) in [4.78, 5) is 27.7. The van der Waals surface area contributed by atoms with Crippen LogP contribution in [0.5, 0.6) is 5.75 Å². The van der Waals surface area contributed by atoms with Gasteiger partial charge in [0.25, 0.3) is 5.91 Å². The number of aromatic nitrogens is 3. The SMILES string of the molecule is CC(=O)Oc1ccc(NC(=O)c2ccc([C@H]3OC[C@H](S[C@H](C)[C@](O)(Cn4cncn4)c4ccc(F)cc4F)CO3)cc2)cc1. The molecule has 0 radical (unpaired) electrons. The minimum atomic E-state index is -1.74. The number of carbonyl (C=O) groups excluding carboxylic acids is 2. The van der Waals surface area contributed by atoms with E-state index in [1.165, 1.54) is 42.1 Å². The summed E-state index contributed by atoms with van der Waals surface area (Å²) in [6.45, 7) is 3.55. The first-order chi connectivity index (χ1) is 21.1. The van der Waals surface area contributed by atoms with Crippen molar-refractivity contribution in [2.75, 3.05) is 18.5 Å². The number of nitrogens with zero attached hydrogens (tertiary/aromatic N) is 3. The minimum absolute atomic E-state index is 0.0481. The highest BCUT2D eigenvalue weighted by Gasteiger charge is 2.41. The molecule has 5 rings (SSSR count). The lowest BCUT2D eigenvalue weighted by Crippen LogP contribution is -2.43. The van der Waals surface area contributed by atoms with Crippen molar-refractivity contribution < 1.29 is 37.7 Å². The molecule has 44 heavy (non-hydrogen) atoms. The fraction of sp³-hybridized carbons (Fsp3) is 0.290. The average molecular weight is 625 g/mol. The van der Waals surface area contributed by atoms with Crippen molar-refractivity contribution in [2.45, 2.75) is 42.8 Å². The topological polar surface area (TPSA) is 125 Å². The number of benzene rings is 3. The summed E-state index contributed by atoms with van der Waals surface area (Å²) in [6.07, 6.45) is 2.07. The maximum absolute atomic E-state index is 14.8. The van der Waals surface area contributed by atoms with Crippen molar-refractivity contribution in [1.82, 2.24) is 14.8 Å². The molecule has 0 aliphatic carbocycles. The molecule has 1 aromatic heterocycles. The van der Waals surface area contributed by atoms with Crippen LogP contribution in [0.25, 0.3) is 0 Å². The fourth-order valence-electron chi connectivity index (χ4n) is 4.76. The van der Waals surface area contributed by atoms with E-state index in [4.69, 9.17) is 14.2 Å². The van der Waals surface area contributed by atoms with Crippen LogP contribution < -0.4 is 10.1 Å². The fourth-order valence-corrected chi connectivity index (χ4v) is 6.08. The van der Waals surface area contributed by atoms with Gasteiger partial charge in [0.05, 0.1) is 25.0 Å². The van der Waals surface area contributed by atoms with E-state index in [-0.39, 0.29) is 36.5 Å². The zero-order chi connectivity index (χ0) is 31.3. The first kappa shape index (κ1) is 31.3. The Hall–Kier alpha value is -4.17. The second-order valence-corrected chi connectivity index (χ2v) is 11.9. The number of rotatable bonds is 10. The van der Waals surface area contributed by atoms with E-state index in [9.17, 15) is 23.5 Å². The molecule has 2 N–H and O–H groups in total. The number of carbonyl (C=O) groups is 2. The van der Waals surface area contributed by atoms with Crippen molar-refractivity contribution >= 4 is 29.3 Å². The van der Waals surface area contributed by atoms with Crippen LogP contribution in [0.3, 0.4) is 0 Å². The standard InChI is InChI=1S/C31H30F2N4O6S/c1-19(31(40,16-37-18-34-17-35-37)27-12-7-23(32)13-28(27)33)44-26-14-41-30(42-15-26)22-5-3-21(4-6-22)29(39)36-24-8-10-25(11-9-24)43-20(2)38/h3-13,17-19,26,30,40H,14-16H2,1-2H3,(H,36,39)/t19-,26-,30-,31-/m1/s1. The molecule has 1 aliphatic heterocycles. The van der Waals surface area contributed by atoms with Crippen LogP contribution in [0.4, 0.5) is 14.5 Å². The Labute approximate surface area is 256 Å². The van der Waals surface area contributed by atoms with Gasteiger partial charge in [0.1, 0.15) is 35.6 Å². The summed E-state index contributed by atoms with van der Waals surface area (Å²) < 4.78 is 46.8. The average Bonchev–Trinajstić information content (AvgIpc) is 3.51. The van der Waals surface area contributed by atoms with Gasteiger partial charge in [-0.2, -0.15) is 5.10 Å². The Kier molecular flexibility index (Phi) is 9.69. The van der Waals surface area contributed by atoms with Gasteiger partial charge < -0.3 is 24.6 Å². The predicted molar refractivity (Wildman–Crippen MR) is 158 cm³/mol. The molecule has 1 saturated heterocycles. The van der Waals surface area contributed by atoms with E-state index in [1.54, 1.807) is 55.5 Å². The molecule has 0 spiro atoms. The number of aliphatic hydroxyl groups is 1. The third-order valence-electron chi connectivity index (χ3n) is 7.02. The lowest BCUT2D eigenvalue weighted by Gasteiger charge is -2.37. The number of ether oxygens (including phenoxy) is 3. The zero-order valence-electron chi connectivity index (χ0n) is 23.9. The number of esters is 1. The van der Waals surface area contributed by atoms with Crippen LogP contribution in [0.1, 0.15) is 41.6 Å². The molecule has 1 aliphatic rings. The van der Waals surface area contributed by atoms with Gasteiger partial charge in [0.15, 0.2) is 6.29 Å².